The van der Waals surface area contributed by atoms with Crippen LogP contribution in [-0.2, 0) is 11.3 Å². The molecule has 0 spiro atoms. The summed E-state index contributed by atoms with van der Waals surface area (Å²) in [6, 6.07) is 5.36. The smallest absolute Gasteiger partial charge is 0.323 e. The van der Waals surface area contributed by atoms with Gasteiger partial charge in [0.15, 0.2) is 0 Å². The van der Waals surface area contributed by atoms with Gasteiger partial charge in [0.05, 0.1) is 12.1 Å². The standard InChI is InChI=1S/C12H16ClNO3/c1-12(2,11(15)16)14-7-8-4-5-10(17-3)9(13)6-8/h4-6,14H,7H2,1-3H3,(H,15,16). The highest BCUT2D eigenvalue weighted by Gasteiger charge is 2.25. The zero-order chi connectivity index (χ0) is 13.1. The molecule has 1 rings (SSSR count). The Morgan fingerprint density at radius 2 is 2.18 bits per heavy atom. The van der Waals surface area contributed by atoms with Crippen molar-refractivity contribution in [2.24, 2.45) is 0 Å². The van der Waals surface area contributed by atoms with E-state index in [4.69, 9.17) is 21.4 Å². The maximum Gasteiger partial charge on any atom is 0.323 e. The summed E-state index contributed by atoms with van der Waals surface area (Å²) >= 11 is 5.97. The van der Waals surface area contributed by atoms with Crippen molar-refractivity contribution in [3.63, 3.8) is 0 Å². The number of methoxy groups -OCH3 is 1. The van der Waals surface area contributed by atoms with E-state index in [1.807, 2.05) is 6.07 Å². The second-order valence-corrected chi connectivity index (χ2v) is 4.66. The Bertz CT molecular complexity index is 418. The van der Waals surface area contributed by atoms with E-state index in [9.17, 15) is 4.79 Å². The summed E-state index contributed by atoms with van der Waals surface area (Å²) < 4.78 is 5.04. The Kier molecular flexibility index (Phi) is 4.37. The molecule has 1 aromatic carbocycles. The summed E-state index contributed by atoms with van der Waals surface area (Å²) in [6.45, 7) is 3.66. The van der Waals surface area contributed by atoms with Gasteiger partial charge in [-0.05, 0) is 31.5 Å². The van der Waals surface area contributed by atoms with Crippen LogP contribution < -0.4 is 10.1 Å². The largest absolute Gasteiger partial charge is 0.495 e. The number of ether oxygens (including phenoxy) is 1. The van der Waals surface area contributed by atoms with Gasteiger partial charge in [-0.15, -0.1) is 0 Å². The molecule has 0 aliphatic heterocycles. The minimum atomic E-state index is -0.966. The lowest BCUT2D eigenvalue weighted by Gasteiger charge is -2.21. The summed E-state index contributed by atoms with van der Waals surface area (Å²) in [6.07, 6.45) is 0. The fraction of sp³-hybridized carbons (Fsp3) is 0.417. The summed E-state index contributed by atoms with van der Waals surface area (Å²) in [7, 11) is 1.55. The molecule has 4 nitrogen and oxygen atoms in total. The molecule has 0 aliphatic rings. The topological polar surface area (TPSA) is 58.6 Å². The fourth-order valence-corrected chi connectivity index (χ4v) is 1.50. The summed E-state index contributed by atoms with van der Waals surface area (Å²) in [5.41, 5.74) is -0.0583. The molecule has 0 atom stereocenters. The first-order valence-electron chi connectivity index (χ1n) is 5.17. The summed E-state index contributed by atoms with van der Waals surface area (Å²) in [5, 5.41) is 12.4. The zero-order valence-electron chi connectivity index (χ0n) is 10.1. The lowest BCUT2D eigenvalue weighted by atomic mass is 10.1. The van der Waals surface area contributed by atoms with Crippen molar-refractivity contribution in [3.05, 3.63) is 28.8 Å². The third-order valence-corrected chi connectivity index (χ3v) is 2.78. The molecule has 94 valence electrons. The highest BCUT2D eigenvalue weighted by molar-refractivity contribution is 6.32. The molecule has 5 heteroatoms. The second kappa shape index (κ2) is 5.38. The number of benzene rings is 1. The van der Waals surface area contributed by atoms with Crippen LogP contribution in [-0.4, -0.2) is 23.7 Å². The van der Waals surface area contributed by atoms with E-state index >= 15 is 0 Å². The Hall–Kier alpha value is -1.26. The second-order valence-electron chi connectivity index (χ2n) is 4.25. The molecule has 0 aromatic heterocycles. The predicted molar refractivity (Wildman–Crippen MR) is 66.6 cm³/mol. The molecule has 0 fully saturated rings. The molecule has 17 heavy (non-hydrogen) atoms. The lowest BCUT2D eigenvalue weighted by molar-refractivity contribution is -0.143. The van der Waals surface area contributed by atoms with Crippen molar-refractivity contribution in [1.29, 1.82) is 0 Å². The molecular weight excluding hydrogens is 242 g/mol. The van der Waals surface area contributed by atoms with E-state index in [1.165, 1.54) is 0 Å². The Balaban J connectivity index is 2.71. The Labute approximate surface area is 106 Å². The average Bonchev–Trinajstić information content (AvgIpc) is 2.26. The number of hydrogen-bond donors (Lipinski definition) is 2. The minimum absolute atomic E-state index is 0.434. The van der Waals surface area contributed by atoms with E-state index in [0.717, 1.165) is 5.56 Å². The van der Waals surface area contributed by atoms with Crippen LogP contribution in [0.1, 0.15) is 19.4 Å². The number of hydrogen-bond acceptors (Lipinski definition) is 3. The maximum atomic E-state index is 10.9. The van der Waals surface area contributed by atoms with Crippen LogP contribution in [0.25, 0.3) is 0 Å². The van der Waals surface area contributed by atoms with Gasteiger partial charge in [-0.25, -0.2) is 0 Å². The van der Waals surface area contributed by atoms with Crippen LogP contribution in [0.4, 0.5) is 0 Å². The van der Waals surface area contributed by atoms with Gasteiger partial charge in [0, 0.05) is 6.54 Å². The first-order valence-corrected chi connectivity index (χ1v) is 5.55. The van der Waals surface area contributed by atoms with Crippen LogP contribution >= 0.6 is 11.6 Å². The third kappa shape index (κ3) is 3.61. The van der Waals surface area contributed by atoms with Gasteiger partial charge in [0.25, 0.3) is 0 Å². The number of aliphatic carboxylic acids is 1. The first kappa shape index (κ1) is 13.8. The van der Waals surface area contributed by atoms with Crippen LogP contribution in [0.5, 0.6) is 5.75 Å². The van der Waals surface area contributed by atoms with Crippen LogP contribution in [0.2, 0.25) is 5.02 Å². The SMILES string of the molecule is COc1ccc(CNC(C)(C)C(=O)O)cc1Cl. The number of carboxylic acids is 1. The van der Waals surface area contributed by atoms with Gasteiger partial charge in [-0.3, -0.25) is 10.1 Å². The van der Waals surface area contributed by atoms with Crippen molar-refractivity contribution in [3.8, 4) is 5.75 Å². The van der Waals surface area contributed by atoms with Gasteiger partial charge in [-0.1, -0.05) is 17.7 Å². The molecule has 0 heterocycles. The van der Waals surface area contributed by atoms with E-state index in [2.05, 4.69) is 5.32 Å². The Morgan fingerprint density at radius 1 is 1.53 bits per heavy atom. The first-order chi connectivity index (χ1) is 7.86. The molecule has 0 aliphatic carbocycles. The van der Waals surface area contributed by atoms with E-state index in [-0.39, 0.29) is 0 Å². The predicted octanol–water partition coefficient (Wildman–Crippen LogP) is 2.30. The minimum Gasteiger partial charge on any atom is -0.495 e. The molecule has 2 N–H and O–H groups in total. The maximum absolute atomic E-state index is 10.9. The monoisotopic (exact) mass is 257 g/mol. The summed E-state index contributed by atoms with van der Waals surface area (Å²) in [4.78, 5) is 10.9. The van der Waals surface area contributed by atoms with Gasteiger partial charge in [0.1, 0.15) is 11.3 Å². The van der Waals surface area contributed by atoms with Gasteiger partial charge in [-0.2, -0.15) is 0 Å². The highest BCUT2D eigenvalue weighted by atomic mass is 35.5. The van der Waals surface area contributed by atoms with Crippen molar-refractivity contribution in [2.45, 2.75) is 25.9 Å². The number of rotatable bonds is 5. The van der Waals surface area contributed by atoms with Gasteiger partial charge in [0.2, 0.25) is 0 Å². The van der Waals surface area contributed by atoms with Crippen LogP contribution in [0, 0.1) is 0 Å². The van der Waals surface area contributed by atoms with Crippen molar-refractivity contribution < 1.29 is 14.6 Å². The Morgan fingerprint density at radius 3 is 2.65 bits per heavy atom. The van der Waals surface area contributed by atoms with Crippen molar-refractivity contribution in [2.75, 3.05) is 7.11 Å². The zero-order valence-corrected chi connectivity index (χ0v) is 10.8. The van der Waals surface area contributed by atoms with Gasteiger partial charge < -0.3 is 9.84 Å². The van der Waals surface area contributed by atoms with E-state index in [0.29, 0.717) is 17.3 Å². The molecule has 0 unspecified atom stereocenters. The number of carboxylic acid groups (broad SMARTS) is 1. The number of nitrogens with one attached hydrogen (secondary N) is 1. The molecule has 0 bridgehead atoms. The molecule has 0 amide bonds. The molecular formula is C12H16ClNO3. The average molecular weight is 258 g/mol. The van der Waals surface area contributed by atoms with Gasteiger partial charge >= 0.3 is 5.97 Å². The highest BCUT2D eigenvalue weighted by Crippen LogP contribution is 2.25. The van der Waals surface area contributed by atoms with Crippen LogP contribution in [0.3, 0.4) is 0 Å². The van der Waals surface area contributed by atoms with Crippen molar-refractivity contribution >= 4 is 17.6 Å². The summed E-state index contributed by atoms with van der Waals surface area (Å²) in [5.74, 6) is -0.287. The van der Waals surface area contributed by atoms with Crippen LogP contribution in [0.15, 0.2) is 18.2 Å². The molecule has 1 aromatic rings. The fourth-order valence-electron chi connectivity index (χ4n) is 1.22. The lowest BCUT2D eigenvalue weighted by Crippen LogP contribution is -2.46. The number of carbonyl (C=O) groups is 1. The van der Waals surface area contributed by atoms with E-state index < -0.39 is 11.5 Å². The normalized spacial score (nSPS) is 11.3. The quantitative estimate of drug-likeness (QED) is 0.850. The van der Waals surface area contributed by atoms with Crippen molar-refractivity contribution in [1.82, 2.24) is 5.32 Å². The molecule has 0 radical (unpaired) electrons. The third-order valence-electron chi connectivity index (χ3n) is 2.49. The molecule has 0 saturated carbocycles. The molecule has 0 saturated heterocycles. The van der Waals surface area contributed by atoms with E-state index in [1.54, 1.807) is 33.1 Å². The number of halogens is 1.